The zero-order valence-corrected chi connectivity index (χ0v) is 12.0. The summed E-state index contributed by atoms with van der Waals surface area (Å²) >= 11 is 0. The maximum atomic E-state index is 13.4. The minimum Gasteiger partial charge on any atom is -0.376 e. The summed E-state index contributed by atoms with van der Waals surface area (Å²) in [5.41, 5.74) is 5.75. The van der Waals surface area contributed by atoms with Crippen LogP contribution in [-0.2, 0) is 4.74 Å². The van der Waals surface area contributed by atoms with Crippen LogP contribution in [0.5, 0.6) is 0 Å². The molecule has 3 N–H and O–H groups in total. The van der Waals surface area contributed by atoms with Gasteiger partial charge in [-0.15, -0.1) is 0 Å². The van der Waals surface area contributed by atoms with Gasteiger partial charge in [-0.25, -0.2) is 4.39 Å². The molecular weight excluding hydrogens is 271 g/mol. The standard InChI is InChI=1S/C16H19FN2O2/c1-21-16(7-3-8-16)11-19-15(20)14-10-13(17)6-5-12(14)4-2-9-18/h5-6,10H,3,7-9,11,18H2,1H3,(H,19,20). The molecule has 2 rings (SSSR count). The highest BCUT2D eigenvalue weighted by molar-refractivity contribution is 5.96. The molecule has 1 saturated carbocycles. The van der Waals surface area contributed by atoms with Crippen molar-refractivity contribution >= 4 is 5.91 Å². The Morgan fingerprint density at radius 1 is 1.52 bits per heavy atom. The molecule has 0 radical (unpaired) electrons. The third-order valence-electron chi connectivity index (χ3n) is 3.82. The number of hydrogen-bond donors (Lipinski definition) is 2. The summed E-state index contributed by atoms with van der Waals surface area (Å²) in [4.78, 5) is 12.3. The quantitative estimate of drug-likeness (QED) is 0.825. The summed E-state index contributed by atoms with van der Waals surface area (Å²) in [6.45, 7) is 0.605. The maximum absolute atomic E-state index is 13.4. The predicted octanol–water partition coefficient (Wildman–Crippen LogP) is 1.43. The normalized spacial score (nSPS) is 15.6. The lowest BCUT2D eigenvalue weighted by Crippen LogP contribution is -2.49. The van der Waals surface area contributed by atoms with Crippen LogP contribution in [0.3, 0.4) is 0 Å². The molecule has 21 heavy (non-hydrogen) atoms. The molecule has 5 heteroatoms. The lowest BCUT2D eigenvalue weighted by atomic mass is 9.80. The topological polar surface area (TPSA) is 64.3 Å². The first kappa shape index (κ1) is 15.5. The zero-order chi connectivity index (χ0) is 15.3. The second-order valence-electron chi connectivity index (χ2n) is 5.12. The van der Waals surface area contributed by atoms with Gasteiger partial charge in [0.1, 0.15) is 5.82 Å². The van der Waals surface area contributed by atoms with Crippen molar-refractivity contribution < 1.29 is 13.9 Å². The van der Waals surface area contributed by atoms with Crippen molar-refractivity contribution in [1.82, 2.24) is 5.32 Å². The Labute approximate surface area is 123 Å². The van der Waals surface area contributed by atoms with Crippen LogP contribution >= 0.6 is 0 Å². The average Bonchev–Trinajstić information content (AvgIpc) is 2.45. The van der Waals surface area contributed by atoms with Crippen molar-refractivity contribution in [1.29, 1.82) is 0 Å². The number of halogens is 1. The second-order valence-corrected chi connectivity index (χ2v) is 5.12. The molecule has 1 aliphatic carbocycles. The van der Waals surface area contributed by atoms with E-state index in [9.17, 15) is 9.18 Å². The molecule has 4 nitrogen and oxygen atoms in total. The molecule has 0 saturated heterocycles. The van der Waals surface area contributed by atoms with E-state index in [1.165, 1.54) is 18.2 Å². The molecule has 1 fully saturated rings. The van der Waals surface area contributed by atoms with Crippen molar-refractivity contribution in [3.63, 3.8) is 0 Å². The number of carbonyl (C=O) groups is 1. The monoisotopic (exact) mass is 290 g/mol. The predicted molar refractivity (Wildman–Crippen MR) is 78.3 cm³/mol. The molecular formula is C16H19FN2O2. The molecule has 0 bridgehead atoms. The minimum absolute atomic E-state index is 0.186. The van der Waals surface area contributed by atoms with E-state index in [-0.39, 0.29) is 23.6 Å². The van der Waals surface area contributed by atoms with Crippen LogP contribution in [0.15, 0.2) is 18.2 Å². The van der Waals surface area contributed by atoms with Crippen molar-refractivity contribution in [3.05, 3.63) is 35.1 Å². The van der Waals surface area contributed by atoms with E-state index in [4.69, 9.17) is 10.5 Å². The van der Waals surface area contributed by atoms with Gasteiger partial charge in [-0.05, 0) is 37.5 Å². The number of hydrogen-bond acceptors (Lipinski definition) is 3. The number of rotatable bonds is 4. The molecule has 0 aliphatic heterocycles. The van der Waals surface area contributed by atoms with Gasteiger partial charge in [0.05, 0.1) is 17.7 Å². The lowest BCUT2D eigenvalue weighted by molar-refractivity contribution is -0.0679. The number of methoxy groups -OCH3 is 1. The van der Waals surface area contributed by atoms with Gasteiger partial charge in [-0.1, -0.05) is 11.8 Å². The summed E-state index contributed by atoms with van der Waals surface area (Å²) in [5, 5.41) is 2.81. The molecule has 0 unspecified atom stereocenters. The largest absolute Gasteiger partial charge is 0.376 e. The molecule has 0 heterocycles. The third kappa shape index (κ3) is 3.60. The fourth-order valence-electron chi connectivity index (χ4n) is 2.32. The van der Waals surface area contributed by atoms with Gasteiger partial charge in [0.25, 0.3) is 5.91 Å². The van der Waals surface area contributed by atoms with Gasteiger partial charge in [0.15, 0.2) is 0 Å². The Kier molecular flexibility index (Phi) is 4.94. The summed E-state index contributed by atoms with van der Waals surface area (Å²) in [6, 6.07) is 3.96. The number of benzene rings is 1. The highest BCUT2D eigenvalue weighted by atomic mass is 19.1. The van der Waals surface area contributed by atoms with Gasteiger partial charge in [-0.3, -0.25) is 4.79 Å². The highest BCUT2D eigenvalue weighted by Crippen LogP contribution is 2.34. The maximum Gasteiger partial charge on any atom is 0.252 e. The fraction of sp³-hybridized carbons (Fsp3) is 0.438. The van der Waals surface area contributed by atoms with Crippen LogP contribution < -0.4 is 11.1 Å². The molecule has 0 aromatic heterocycles. The van der Waals surface area contributed by atoms with Crippen molar-refractivity contribution in [2.45, 2.75) is 24.9 Å². The summed E-state index contributed by atoms with van der Waals surface area (Å²) in [6.07, 6.45) is 2.94. The Balaban J connectivity index is 2.12. The first-order valence-corrected chi connectivity index (χ1v) is 6.92. The van der Waals surface area contributed by atoms with Crippen molar-refractivity contribution in [3.8, 4) is 11.8 Å². The highest BCUT2D eigenvalue weighted by Gasteiger charge is 2.37. The number of carbonyl (C=O) groups excluding carboxylic acids is 1. The van der Waals surface area contributed by atoms with Crippen molar-refractivity contribution in [2.75, 3.05) is 20.2 Å². The van der Waals surface area contributed by atoms with Gasteiger partial charge in [-0.2, -0.15) is 0 Å². The second kappa shape index (κ2) is 6.70. The SMILES string of the molecule is COC1(CNC(=O)c2cc(F)ccc2C#CCN)CCC1. The molecule has 1 aromatic rings. The van der Waals surface area contributed by atoms with E-state index in [2.05, 4.69) is 17.2 Å². The molecule has 1 aliphatic rings. The first-order chi connectivity index (χ1) is 10.1. The Morgan fingerprint density at radius 2 is 2.29 bits per heavy atom. The number of ether oxygens (including phenoxy) is 1. The van der Waals surface area contributed by atoms with Gasteiger partial charge < -0.3 is 15.8 Å². The van der Waals surface area contributed by atoms with Crippen molar-refractivity contribution in [2.24, 2.45) is 5.73 Å². The molecule has 0 spiro atoms. The van der Waals surface area contributed by atoms with E-state index in [0.29, 0.717) is 12.1 Å². The van der Waals surface area contributed by atoms with Crippen LogP contribution in [0.1, 0.15) is 35.2 Å². The van der Waals surface area contributed by atoms with Gasteiger partial charge in [0.2, 0.25) is 0 Å². The Hall–Kier alpha value is -1.90. The van der Waals surface area contributed by atoms with E-state index >= 15 is 0 Å². The summed E-state index contributed by atoms with van der Waals surface area (Å²) in [5.74, 6) is 4.65. The molecule has 1 amide bonds. The fourth-order valence-corrected chi connectivity index (χ4v) is 2.32. The zero-order valence-electron chi connectivity index (χ0n) is 12.0. The minimum atomic E-state index is -0.469. The molecule has 1 aromatic carbocycles. The van der Waals surface area contributed by atoms with Crippen LogP contribution in [-0.4, -0.2) is 31.7 Å². The molecule has 112 valence electrons. The third-order valence-corrected chi connectivity index (χ3v) is 3.82. The van der Waals surface area contributed by atoms with Gasteiger partial charge >= 0.3 is 0 Å². The summed E-state index contributed by atoms with van der Waals surface area (Å²) < 4.78 is 18.8. The van der Waals surface area contributed by atoms with Crippen LogP contribution in [0.2, 0.25) is 0 Å². The number of amides is 1. The van der Waals surface area contributed by atoms with Crippen LogP contribution in [0.4, 0.5) is 4.39 Å². The van der Waals surface area contributed by atoms with E-state index in [1.54, 1.807) is 7.11 Å². The van der Waals surface area contributed by atoms with E-state index in [0.717, 1.165) is 19.3 Å². The van der Waals surface area contributed by atoms with E-state index < -0.39 is 5.82 Å². The van der Waals surface area contributed by atoms with Crippen LogP contribution in [0.25, 0.3) is 0 Å². The van der Waals surface area contributed by atoms with Gasteiger partial charge in [0, 0.05) is 19.2 Å². The number of nitrogens with one attached hydrogen (secondary N) is 1. The first-order valence-electron chi connectivity index (χ1n) is 6.92. The van der Waals surface area contributed by atoms with Crippen LogP contribution in [0, 0.1) is 17.7 Å². The smallest absolute Gasteiger partial charge is 0.252 e. The molecule has 0 atom stereocenters. The Bertz CT molecular complexity index is 580. The Morgan fingerprint density at radius 3 is 2.86 bits per heavy atom. The average molecular weight is 290 g/mol. The number of nitrogens with two attached hydrogens (primary N) is 1. The summed E-state index contributed by atoms with van der Waals surface area (Å²) in [7, 11) is 1.64. The van der Waals surface area contributed by atoms with E-state index in [1.807, 2.05) is 0 Å². The lowest BCUT2D eigenvalue weighted by Gasteiger charge is -2.40.